The Balaban J connectivity index is 1.32. The number of amides is 1. The number of carbonyl (C=O) groups excluding carboxylic acids is 1. The molecule has 0 radical (unpaired) electrons. The van der Waals surface area contributed by atoms with Gasteiger partial charge < -0.3 is 13.8 Å². The molecular weight excluding hydrogens is 457 g/mol. The molecule has 1 aliphatic heterocycles. The zero-order valence-corrected chi connectivity index (χ0v) is 20.1. The summed E-state index contributed by atoms with van der Waals surface area (Å²) in [6.45, 7) is 9.01. The lowest BCUT2D eigenvalue weighted by Gasteiger charge is -2.34. The molecule has 0 spiro atoms. The molecule has 0 saturated carbocycles. The number of benzene rings is 1. The van der Waals surface area contributed by atoms with Gasteiger partial charge in [-0.2, -0.15) is 0 Å². The standard InChI is InChI=1S/C25H25ClFN5O2/c1-15-7-8-32-20(16(2)28-21(32)13-15)14-30-9-11-31(12-10-30)25(33)22-17(3)34-29-24(22)23-18(26)5-4-6-19(23)27/h4-8,13H,9-12,14H2,1-3H3. The van der Waals surface area contributed by atoms with Gasteiger partial charge in [-0.25, -0.2) is 9.37 Å². The number of rotatable bonds is 4. The van der Waals surface area contributed by atoms with Crippen molar-refractivity contribution in [2.45, 2.75) is 27.3 Å². The van der Waals surface area contributed by atoms with Gasteiger partial charge in [-0.1, -0.05) is 22.8 Å². The highest BCUT2D eigenvalue weighted by Gasteiger charge is 2.30. The van der Waals surface area contributed by atoms with E-state index in [1.807, 2.05) is 6.92 Å². The monoisotopic (exact) mass is 481 g/mol. The maximum atomic E-state index is 14.5. The Morgan fingerprint density at radius 3 is 2.65 bits per heavy atom. The lowest BCUT2D eigenvalue weighted by Crippen LogP contribution is -2.48. The molecule has 9 heteroatoms. The van der Waals surface area contributed by atoms with E-state index in [1.54, 1.807) is 17.9 Å². The fraction of sp³-hybridized carbons (Fsp3) is 0.320. The van der Waals surface area contributed by atoms with E-state index in [2.05, 4.69) is 39.7 Å². The summed E-state index contributed by atoms with van der Waals surface area (Å²) in [5.74, 6) is -0.425. The van der Waals surface area contributed by atoms with Crippen LogP contribution < -0.4 is 0 Å². The van der Waals surface area contributed by atoms with Crippen LogP contribution in [-0.2, 0) is 6.54 Å². The van der Waals surface area contributed by atoms with Crippen molar-refractivity contribution in [1.82, 2.24) is 24.3 Å². The molecule has 1 saturated heterocycles. The van der Waals surface area contributed by atoms with Crippen LogP contribution in [0.2, 0.25) is 5.02 Å². The number of hydrogen-bond acceptors (Lipinski definition) is 5. The number of imidazole rings is 1. The molecule has 0 unspecified atom stereocenters. The lowest BCUT2D eigenvalue weighted by atomic mass is 10.0. The second-order valence-corrected chi connectivity index (χ2v) is 9.11. The number of hydrogen-bond donors (Lipinski definition) is 0. The van der Waals surface area contributed by atoms with E-state index in [0.717, 1.165) is 23.6 Å². The molecule has 7 nitrogen and oxygen atoms in total. The highest BCUT2D eigenvalue weighted by atomic mass is 35.5. The summed E-state index contributed by atoms with van der Waals surface area (Å²) in [5, 5.41) is 4.15. The predicted molar refractivity (Wildman–Crippen MR) is 127 cm³/mol. The molecule has 1 amide bonds. The summed E-state index contributed by atoms with van der Waals surface area (Å²) in [4.78, 5) is 22.2. The summed E-state index contributed by atoms with van der Waals surface area (Å²) in [7, 11) is 0. The molecule has 1 aliphatic rings. The van der Waals surface area contributed by atoms with Crippen molar-refractivity contribution in [1.29, 1.82) is 0 Å². The Hall–Kier alpha value is -3.23. The molecule has 1 aromatic carbocycles. The molecule has 4 aromatic rings. The van der Waals surface area contributed by atoms with Gasteiger partial charge in [0.1, 0.15) is 28.5 Å². The molecule has 176 valence electrons. The van der Waals surface area contributed by atoms with Crippen LogP contribution >= 0.6 is 11.6 Å². The van der Waals surface area contributed by atoms with Crippen LogP contribution in [-0.4, -0.2) is 56.4 Å². The Morgan fingerprint density at radius 2 is 1.91 bits per heavy atom. The van der Waals surface area contributed by atoms with Gasteiger partial charge >= 0.3 is 0 Å². The van der Waals surface area contributed by atoms with E-state index >= 15 is 0 Å². The van der Waals surface area contributed by atoms with Crippen LogP contribution in [0.5, 0.6) is 0 Å². The lowest BCUT2D eigenvalue weighted by molar-refractivity contribution is 0.0625. The number of aryl methyl sites for hydroxylation is 3. The molecule has 5 rings (SSSR count). The number of nitrogens with zero attached hydrogens (tertiary/aromatic N) is 5. The predicted octanol–water partition coefficient (Wildman–Crippen LogP) is 4.67. The Kier molecular flexibility index (Phi) is 5.87. The van der Waals surface area contributed by atoms with Crippen molar-refractivity contribution >= 4 is 23.2 Å². The van der Waals surface area contributed by atoms with Crippen molar-refractivity contribution in [2.75, 3.05) is 26.2 Å². The molecule has 1 fully saturated rings. The van der Waals surface area contributed by atoms with E-state index in [9.17, 15) is 9.18 Å². The molecular formula is C25H25ClFN5O2. The van der Waals surface area contributed by atoms with Gasteiger partial charge in [-0.3, -0.25) is 9.69 Å². The van der Waals surface area contributed by atoms with E-state index in [1.165, 1.54) is 17.7 Å². The van der Waals surface area contributed by atoms with Crippen molar-refractivity contribution in [3.63, 3.8) is 0 Å². The Bertz CT molecular complexity index is 1370. The maximum Gasteiger partial charge on any atom is 0.259 e. The molecule has 0 bridgehead atoms. The first kappa shape index (κ1) is 22.6. The van der Waals surface area contributed by atoms with Crippen molar-refractivity contribution in [2.24, 2.45) is 0 Å². The molecule has 3 aromatic heterocycles. The van der Waals surface area contributed by atoms with Crippen LogP contribution in [0, 0.1) is 26.6 Å². The fourth-order valence-electron chi connectivity index (χ4n) is 4.50. The van der Waals surface area contributed by atoms with Crippen LogP contribution in [0.3, 0.4) is 0 Å². The Morgan fingerprint density at radius 1 is 1.15 bits per heavy atom. The second kappa shape index (κ2) is 8.85. The number of fused-ring (bicyclic) bond motifs is 1. The zero-order valence-electron chi connectivity index (χ0n) is 19.3. The van der Waals surface area contributed by atoms with Crippen molar-refractivity contribution < 1.29 is 13.7 Å². The minimum Gasteiger partial charge on any atom is -0.360 e. The van der Waals surface area contributed by atoms with E-state index in [0.29, 0.717) is 31.9 Å². The summed E-state index contributed by atoms with van der Waals surface area (Å²) < 4.78 is 21.9. The average Bonchev–Trinajstić information content (AvgIpc) is 3.32. The van der Waals surface area contributed by atoms with Gasteiger partial charge in [0.2, 0.25) is 0 Å². The molecule has 4 heterocycles. The third-order valence-electron chi connectivity index (χ3n) is 6.39. The highest BCUT2D eigenvalue weighted by molar-refractivity contribution is 6.33. The van der Waals surface area contributed by atoms with E-state index in [-0.39, 0.29) is 27.8 Å². The molecule has 34 heavy (non-hydrogen) atoms. The Labute approximate surface area is 201 Å². The normalized spacial score (nSPS) is 14.8. The smallest absolute Gasteiger partial charge is 0.259 e. The number of aromatic nitrogens is 3. The number of carbonyl (C=O) groups is 1. The summed E-state index contributed by atoms with van der Waals surface area (Å²) in [6.07, 6.45) is 2.06. The van der Waals surface area contributed by atoms with Crippen LogP contribution in [0.4, 0.5) is 4.39 Å². The maximum absolute atomic E-state index is 14.5. The first-order valence-corrected chi connectivity index (χ1v) is 11.6. The molecule has 0 N–H and O–H groups in total. The topological polar surface area (TPSA) is 66.9 Å². The van der Waals surface area contributed by atoms with E-state index < -0.39 is 5.82 Å². The van der Waals surface area contributed by atoms with Crippen LogP contribution in [0.1, 0.15) is 33.1 Å². The third-order valence-corrected chi connectivity index (χ3v) is 6.70. The number of piperazine rings is 1. The van der Waals surface area contributed by atoms with Crippen molar-refractivity contribution in [3.05, 3.63) is 75.6 Å². The van der Waals surface area contributed by atoms with Crippen LogP contribution in [0.15, 0.2) is 41.1 Å². The summed E-state index contributed by atoms with van der Waals surface area (Å²) in [6, 6.07) is 8.53. The first-order chi connectivity index (χ1) is 16.3. The molecule has 0 atom stereocenters. The van der Waals surface area contributed by atoms with Gasteiger partial charge in [0.25, 0.3) is 5.91 Å². The quantitative estimate of drug-likeness (QED) is 0.424. The SMILES string of the molecule is Cc1ccn2c(CN3CCN(C(=O)c4c(-c5c(F)cccc5Cl)noc4C)CC3)c(C)nc2c1. The average molecular weight is 482 g/mol. The fourth-order valence-corrected chi connectivity index (χ4v) is 4.76. The van der Waals surface area contributed by atoms with Gasteiger partial charge in [-0.15, -0.1) is 0 Å². The van der Waals surface area contributed by atoms with Gasteiger partial charge in [0, 0.05) is 38.9 Å². The second-order valence-electron chi connectivity index (χ2n) is 8.70. The zero-order chi connectivity index (χ0) is 24.0. The first-order valence-electron chi connectivity index (χ1n) is 11.2. The highest BCUT2D eigenvalue weighted by Crippen LogP contribution is 2.34. The minimum atomic E-state index is -0.543. The van der Waals surface area contributed by atoms with Gasteiger partial charge in [0.15, 0.2) is 0 Å². The minimum absolute atomic E-state index is 0.0846. The van der Waals surface area contributed by atoms with Gasteiger partial charge in [-0.05, 0) is 50.6 Å². The van der Waals surface area contributed by atoms with E-state index in [4.69, 9.17) is 21.1 Å². The van der Waals surface area contributed by atoms with Gasteiger partial charge in [0.05, 0.1) is 22.0 Å². The summed E-state index contributed by atoms with van der Waals surface area (Å²) in [5.41, 5.74) is 4.77. The number of pyridine rings is 1. The third kappa shape index (κ3) is 3.97. The van der Waals surface area contributed by atoms with Crippen molar-refractivity contribution in [3.8, 4) is 11.3 Å². The summed E-state index contributed by atoms with van der Waals surface area (Å²) >= 11 is 6.22. The van der Waals surface area contributed by atoms with Crippen LogP contribution in [0.25, 0.3) is 16.9 Å². The molecule has 0 aliphatic carbocycles. The largest absolute Gasteiger partial charge is 0.360 e. The number of halogens is 2.